The van der Waals surface area contributed by atoms with E-state index >= 15 is 0 Å². The molecule has 0 bridgehead atoms. The number of hydrogen-bond acceptors (Lipinski definition) is 7. The zero-order valence-corrected chi connectivity index (χ0v) is 12.0. The monoisotopic (exact) mass is 299 g/mol. The van der Waals surface area contributed by atoms with Crippen molar-refractivity contribution in [2.24, 2.45) is 5.73 Å². The van der Waals surface area contributed by atoms with E-state index in [2.05, 4.69) is 0 Å². The highest BCUT2D eigenvalue weighted by Gasteiger charge is 2.28. The van der Waals surface area contributed by atoms with E-state index in [9.17, 15) is 9.59 Å². The summed E-state index contributed by atoms with van der Waals surface area (Å²) in [4.78, 5) is 25.5. The first kappa shape index (κ1) is 14.6. The fourth-order valence-corrected chi connectivity index (χ4v) is 3.20. The maximum atomic E-state index is 11.9. The van der Waals surface area contributed by atoms with E-state index in [1.54, 1.807) is 0 Å². The molecule has 0 spiro atoms. The number of ether oxygens (including phenoxy) is 2. The number of rotatable bonds is 3. The molecule has 1 aliphatic rings. The van der Waals surface area contributed by atoms with E-state index in [1.807, 2.05) is 4.90 Å². The lowest BCUT2D eigenvalue weighted by Gasteiger charge is -2.21. The maximum Gasteiger partial charge on any atom is 0.343 e. The summed E-state index contributed by atoms with van der Waals surface area (Å²) in [5, 5.41) is 0.619. The van der Waals surface area contributed by atoms with Crippen LogP contribution < -0.4 is 16.4 Å². The molecule has 2 rings (SSSR count). The third-order valence-electron chi connectivity index (χ3n) is 3.05. The minimum atomic E-state index is -0.644. The Morgan fingerprint density at radius 3 is 2.75 bits per heavy atom. The average molecular weight is 299 g/mol. The smallest absolute Gasteiger partial charge is 0.343 e. The van der Waals surface area contributed by atoms with Gasteiger partial charge in [0.1, 0.15) is 15.4 Å². The molecule has 0 aromatic carbocycles. The lowest BCUT2D eigenvalue weighted by Crippen LogP contribution is -2.26. The van der Waals surface area contributed by atoms with Gasteiger partial charge in [0.05, 0.1) is 19.4 Å². The second-order valence-electron chi connectivity index (χ2n) is 4.33. The zero-order chi connectivity index (χ0) is 14.7. The van der Waals surface area contributed by atoms with E-state index in [1.165, 1.54) is 7.11 Å². The van der Waals surface area contributed by atoms with Gasteiger partial charge >= 0.3 is 5.97 Å². The molecule has 0 atom stereocenters. The predicted molar refractivity (Wildman–Crippen MR) is 76.2 cm³/mol. The molecule has 1 amide bonds. The minimum absolute atomic E-state index is 0.0921. The molecule has 0 saturated carbocycles. The molecule has 0 aliphatic carbocycles. The lowest BCUT2D eigenvalue weighted by molar-refractivity contribution is 0.0603. The van der Waals surface area contributed by atoms with Crippen molar-refractivity contribution in [2.45, 2.75) is 6.42 Å². The molecule has 1 aromatic heterocycles. The molecule has 4 N–H and O–H groups in total. The number of amides is 1. The van der Waals surface area contributed by atoms with Crippen LogP contribution in [0.1, 0.15) is 26.5 Å². The van der Waals surface area contributed by atoms with Gasteiger partial charge in [-0.05, 0) is 6.42 Å². The van der Waals surface area contributed by atoms with Crippen molar-refractivity contribution in [1.82, 2.24) is 0 Å². The molecule has 1 saturated heterocycles. The van der Waals surface area contributed by atoms with Crippen LogP contribution in [-0.2, 0) is 9.47 Å². The standard InChI is InChI=1S/C12H17N3O4S/c1-18-12(17)7-8(13)9(10(14)16)20-11(7)15-3-2-5-19-6-4-15/h2-6,13H2,1H3,(H2,14,16). The molecule has 20 heavy (non-hydrogen) atoms. The summed E-state index contributed by atoms with van der Waals surface area (Å²) in [6.07, 6.45) is 0.838. The first-order chi connectivity index (χ1) is 9.56. The average Bonchev–Trinajstić information content (AvgIpc) is 2.63. The highest BCUT2D eigenvalue weighted by molar-refractivity contribution is 7.19. The van der Waals surface area contributed by atoms with Crippen molar-refractivity contribution in [3.8, 4) is 0 Å². The molecule has 2 heterocycles. The number of thiophene rings is 1. The van der Waals surface area contributed by atoms with Crippen LogP contribution in [0.5, 0.6) is 0 Å². The molecule has 0 radical (unpaired) electrons. The van der Waals surface area contributed by atoms with Crippen molar-refractivity contribution < 1.29 is 19.1 Å². The van der Waals surface area contributed by atoms with Gasteiger partial charge in [0.25, 0.3) is 5.91 Å². The van der Waals surface area contributed by atoms with Crippen LogP contribution in [0.25, 0.3) is 0 Å². The minimum Gasteiger partial charge on any atom is -0.465 e. The Kier molecular flexibility index (Phi) is 4.46. The highest BCUT2D eigenvalue weighted by Crippen LogP contribution is 2.38. The SMILES string of the molecule is COC(=O)c1c(N2CCCOCC2)sc(C(N)=O)c1N. The molecule has 110 valence electrons. The number of hydrogen-bond donors (Lipinski definition) is 2. The number of primary amides is 1. The molecule has 1 aliphatic heterocycles. The largest absolute Gasteiger partial charge is 0.465 e. The van der Waals surface area contributed by atoms with Crippen LogP contribution in [0.4, 0.5) is 10.7 Å². The van der Waals surface area contributed by atoms with Gasteiger partial charge in [-0.3, -0.25) is 4.79 Å². The second kappa shape index (κ2) is 6.10. The number of methoxy groups -OCH3 is 1. The van der Waals surface area contributed by atoms with Crippen LogP contribution in [0.15, 0.2) is 0 Å². The normalized spacial score (nSPS) is 15.8. The van der Waals surface area contributed by atoms with Crippen LogP contribution in [0, 0.1) is 0 Å². The third kappa shape index (κ3) is 2.70. The van der Waals surface area contributed by atoms with Gasteiger partial charge in [-0.25, -0.2) is 4.79 Å². The fraction of sp³-hybridized carbons (Fsp3) is 0.500. The highest BCUT2D eigenvalue weighted by atomic mass is 32.1. The van der Waals surface area contributed by atoms with E-state index in [4.69, 9.17) is 20.9 Å². The Morgan fingerprint density at radius 2 is 2.10 bits per heavy atom. The van der Waals surface area contributed by atoms with Gasteiger partial charge < -0.3 is 25.8 Å². The molecular weight excluding hydrogens is 282 g/mol. The molecular formula is C12H17N3O4S. The summed E-state index contributed by atoms with van der Waals surface area (Å²) >= 11 is 1.12. The topological polar surface area (TPSA) is 108 Å². The second-order valence-corrected chi connectivity index (χ2v) is 5.33. The first-order valence-corrected chi connectivity index (χ1v) is 7.01. The number of nitrogen functional groups attached to an aromatic ring is 1. The summed E-state index contributed by atoms with van der Waals surface area (Å²) < 4.78 is 10.1. The van der Waals surface area contributed by atoms with Crippen molar-refractivity contribution in [3.05, 3.63) is 10.4 Å². The van der Waals surface area contributed by atoms with Gasteiger partial charge in [-0.15, -0.1) is 11.3 Å². The van der Waals surface area contributed by atoms with Crippen molar-refractivity contribution in [2.75, 3.05) is 44.0 Å². The van der Waals surface area contributed by atoms with Crippen LogP contribution in [-0.4, -0.2) is 45.3 Å². The summed E-state index contributed by atoms with van der Waals surface area (Å²) in [6, 6.07) is 0. The van der Waals surface area contributed by atoms with Crippen LogP contribution in [0.2, 0.25) is 0 Å². The van der Waals surface area contributed by atoms with Gasteiger partial charge in [0.2, 0.25) is 0 Å². The first-order valence-electron chi connectivity index (χ1n) is 6.19. The molecule has 1 aromatic rings. The number of anilines is 2. The van der Waals surface area contributed by atoms with Gasteiger partial charge in [0, 0.05) is 19.7 Å². The van der Waals surface area contributed by atoms with E-state index in [-0.39, 0.29) is 16.1 Å². The Labute approximate surface area is 120 Å². The number of nitrogens with zero attached hydrogens (tertiary/aromatic N) is 1. The molecule has 1 fully saturated rings. The van der Waals surface area contributed by atoms with Crippen molar-refractivity contribution in [1.29, 1.82) is 0 Å². The van der Waals surface area contributed by atoms with E-state index in [0.29, 0.717) is 24.8 Å². The Bertz CT molecular complexity index is 521. The number of esters is 1. The van der Waals surface area contributed by atoms with E-state index < -0.39 is 11.9 Å². The Hall–Kier alpha value is -1.80. The molecule has 0 unspecified atom stereocenters. The fourth-order valence-electron chi connectivity index (χ4n) is 2.09. The summed E-state index contributed by atoms with van der Waals surface area (Å²) in [7, 11) is 1.28. The molecule has 8 heteroatoms. The van der Waals surface area contributed by atoms with Crippen molar-refractivity contribution >= 4 is 33.9 Å². The van der Waals surface area contributed by atoms with Crippen LogP contribution in [0.3, 0.4) is 0 Å². The molecule has 7 nitrogen and oxygen atoms in total. The van der Waals surface area contributed by atoms with Gasteiger partial charge in [-0.2, -0.15) is 0 Å². The Balaban J connectivity index is 2.46. The quantitative estimate of drug-likeness (QED) is 0.784. The van der Waals surface area contributed by atoms with Crippen molar-refractivity contribution in [3.63, 3.8) is 0 Å². The maximum absolute atomic E-state index is 11.9. The lowest BCUT2D eigenvalue weighted by atomic mass is 10.2. The third-order valence-corrected chi connectivity index (χ3v) is 4.33. The summed E-state index contributed by atoms with van der Waals surface area (Å²) in [5.74, 6) is -1.21. The predicted octanol–water partition coefficient (Wildman–Crippen LogP) is 0.442. The Morgan fingerprint density at radius 1 is 1.35 bits per heavy atom. The zero-order valence-electron chi connectivity index (χ0n) is 11.2. The van der Waals surface area contributed by atoms with E-state index in [0.717, 1.165) is 24.3 Å². The van der Waals surface area contributed by atoms with Gasteiger partial charge in [-0.1, -0.05) is 0 Å². The van der Waals surface area contributed by atoms with Crippen LogP contribution >= 0.6 is 11.3 Å². The number of carbonyl (C=O) groups is 2. The van der Waals surface area contributed by atoms with Gasteiger partial charge in [0.15, 0.2) is 0 Å². The summed E-state index contributed by atoms with van der Waals surface area (Å²) in [5.41, 5.74) is 11.5. The number of nitrogens with two attached hydrogens (primary N) is 2. The number of carbonyl (C=O) groups excluding carboxylic acids is 2. The summed E-state index contributed by atoms with van der Waals surface area (Å²) in [6.45, 7) is 2.59.